The van der Waals surface area contributed by atoms with Crippen LogP contribution in [-0.2, 0) is 6.42 Å². The number of para-hydroxylation sites is 2. The van der Waals surface area contributed by atoms with Gasteiger partial charge in [-0.05, 0) is 12.1 Å². The highest BCUT2D eigenvalue weighted by atomic mass is 32.1. The number of rotatable bonds is 4. The van der Waals surface area contributed by atoms with E-state index in [9.17, 15) is 4.79 Å². The molecule has 3 rings (SSSR count). The van der Waals surface area contributed by atoms with E-state index < -0.39 is 0 Å². The van der Waals surface area contributed by atoms with Crippen LogP contribution in [0.25, 0.3) is 11.1 Å². The van der Waals surface area contributed by atoms with E-state index in [0.29, 0.717) is 22.1 Å². The zero-order chi connectivity index (χ0) is 13.2. The lowest BCUT2D eigenvalue weighted by molar-refractivity contribution is 0.0989. The van der Waals surface area contributed by atoms with Crippen LogP contribution in [0.1, 0.15) is 15.6 Å². The summed E-state index contributed by atoms with van der Waals surface area (Å²) in [5.41, 5.74) is 1.48. The van der Waals surface area contributed by atoms with Crippen LogP contribution in [0, 0.1) is 0 Å². The van der Waals surface area contributed by atoms with Crippen LogP contribution in [0.15, 0.2) is 40.1 Å². The minimum atomic E-state index is -0.0140. The molecule has 96 valence electrons. The highest BCUT2D eigenvalue weighted by molar-refractivity contribution is 7.12. The van der Waals surface area contributed by atoms with Gasteiger partial charge in [0.2, 0.25) is 5.89 Å². The Morgan fingerprint density at radius 1 is 1.42 bits per heavy atom. The number of carbonyl (C=O) groups excluding carboxylic acids is 1. The van der Waals surface area contributed by atoms with Crippen molar-refractivity contribution < 1.29 is 13.9 Å². The lowest BCUT2D eigenvalue weighted by Gasteiger charge is -1.93. The maximum Gasteiger partial charge on any atom is 0.203 e. The first-order chi connectivity index (χ1) is 9.26. The summed E-state index contributed by atoms with van der Waals surface area (Å²) >= 11 is 1.36. The van der Waals surface area contributed by atoms with Crippen molar-refractivity contribution in [3.8, 4) is 5.75 Å². The van der Waals surface area contributed by atoms with Crippen molar-refractivity contribution in [2.75, 3.05) is 7.11 Å². The van der Waals surface area contributed by atoms with Crippen LogP contribution in [-0.4, -0.2) is 17.9 Å². The molecule has 0 bridgehead atoms. The van der Waals surface area contributed by atoms with Crippen molar-refractivity contribution in [1.82, 2.24) is 4.98 Å². The normalized spacial score (nSPS) is 10.8. The number of aromatic nitrogens is 1. The van der Waals surface area contributed by atoms with Crippen molar-refractivity contribution in [2.45, 2.75) is 6.42 Å². The average Bonchev–Trinajstić information content (AvgIpc) is 3.04. The molecule has 2 heterocycles. The fourth-order valence-corrected chi connectivity index (χ4v) is 2.59. The molecule has 0 spiro atoms. The molecule has 0 unspecified atom stereocenters. The molecule has 19 heavy (non-hydrogen) atoms. The first kappa shape index (κ1) is 11.9. The number of Topliss-reactive ketones (excluding diaryl/α,β-unsaturated/α-hetero) is 1. The van der Waals surface area contributed by atoms with Crippen LogP contribution in [0.3, 0.4) is 0 Å². The number of methoxy groups -OCH3 is 1. The molecule has 0 aliphatic heterocycles. The summed E-state index contributed by atoms with van der Waals surface area (Å²) in [4.78, 5) is 17.0. The second-order valence-electron chi connectivity index (χ2n) is 4.03. The van der Waals surface area contributed by atoms with Gasteiger partial charge in [0, 0.05) is 11.4 Å². The number of oxazole rings is 1. The number of benzene rings is 1. The second kappa shape index (κ2) is 4.85. The molecular weight excluding hydrogens is 262 g/mol. The summed E-state index contributed by atoms with van der Waals surface area (Å²) in [6.45, 7) is 0. The molecule has 0 N–H and O–H groups in total. The Labute approximate surface area is 113 Å². The maximum absolute atomic E-state index is 12.1. The van der Waals surface area contributed by atoms with Crippen LogP contribution in [0.5, 0.6) is 5.75 Å². The van der Waals surface area contributed by atoms with Gasteiger partial charge in [-0.1, -0.05) is 12.1 Å². The monoisotopic (exact) mass is 273 g/mol. The molecule has 5 heteroatoms. The first-order valence-corrected chi connectivity index (χ1v) is 6.64. The third-order valence-electron chi connectivity index (χ3n) is 2.74. The van der Waals surface area contributed by atoms with Crippen molar-refractivity contribution in [1.29, 1.82) is 0 Å². The fraction of sp³-hybridized carbons (Fsp3) is 0.143. The molecule has 0 saturated heterocycles. The van der Waals surface area contributed by atoms with Crippen LogP contribution in [0.4, 0.5) is 0 Å². The van der Waals surface area contributed by atoms with E-state index in [2.05, 4.69) is 4.98 Å². The highest BCUT2D eigenvalue weighted by Gasteiger charge is 2.14. The van der Waals surface area contributed by atoms with Crippen molar-refractivity contribution >= 4 is 28.2 Å². The van der Waals surface area contributed by atoms with E-state index >= 15 is 0 Å². The van der Waals surface area contributed by atoms with E-state index in [1.165, 1.54) is 11.3 Å². The van der Waals surface area contributed by atoms with Gasteiger partial charge in [-0.2, -0.15) is 0 Å². The van der Waals surface area contributed by atoms with Crippen LogP contribution >= 0.6 is 11.3 Å². The zero-order valence-corrected chi connectivity index (χ0v) is 11.1. The minimum Gasteiger partial charge on any atom is -0.496 e. The van der Waals surface area contributed by atoms with E-state index in [1.807, 2.05) is 24.3 Å². The maximum atomic E-state index is 12.1. The molecule has 4 nitrogen and oxygen atoms in total. The fourth-order valence-electron chi connectivity index (χ4n) is 1.79. The van der Waals surface area contributed by atoms with E-state index in [0.717, 1.165) is 5.52 Å². The molecular formula is C14H11NO3S. The Bertz CT molecular complexity index is 696. The molecule has 0 amide bonds. The summed E-state index contributed by atoms with van der Waals surface area (Å²) < 4.78 is 10.6. The first-order valence-electron chi connectivity index (χ1n) is 5.76. The van der Waals surface area contributed by atoms with Gasteiger partial charge in [0.15, 0.2) is 11.4 Å². The molecule has 0 aliphatic carbocycles. The Morgan fingerprint density at radius 3 is 3.00 bits per heavy atom. The predicted octanol–water partition coefficient (Wildman–Crippen LogP) is 3.32. The number of fused-ring (bicyclic) bond motifs is 1. The number of carbonyl (C=O) groups is 1. The standard InChI is InChI=1S/C14H11NO3S/c1-17-9-6-13(19-8-9)11(16)7-14-15-10-4-2-3-5-12(10)18-14/h2-6,8H,7H2,1H3. The third-order valence-corrected chi connectivity index (χ3v) is 3.69. The topological polar surface area (TPSA) is 52.3 Å². The van der Waals surface area contributed by atoms with Gasteiger partial charge in [0.25, 0.3) is 0 Å². The van der Waals surface area contributed by atoms with E-state index in [4.69, 9.17) is 9.15 Å². The van der Waals surface area contributed by atoms with Gasteiger partial charge in [0.1, 0.15) is 11.3 Å². The molecule has 0 saturated carbocycles. The van der Waals surface area contributed by atoms with Gasteiger partial charge in [-0.3, -0.25) is 4.79 Å². The molecule has 3 aromatic rings. The van der Waals surface area contributed by atoms with E-state index in [-0.39, 0.29) is 12.2 Å². The SMILES string of the molecule is COc1csc(C(=O)Cc2nc3ccccc3o2)c1. The number of nitrogens with zero attached hydrogens (tertiary/aromatic N) is 1. The Morgan fingerprint density at radius 2 is 2.26 bits per heavy atom. The van der Waals surface area contributed by atoms with Crippen molar-refractivity contribution in [2.24, 2.45) is 0 Å². The molecule has 1 aromatic carbocycles. The van der Waals surface area contributed by atoms with E-state index in [1.54, 1.807) is 18.6 Å². The number of thiophene rings is 1. The molecule has 2 aromatic heterocycles. The summed E-state index contributed by atoms with van der Waals surface area (Å²) in [6.07, 6.45) is 0.165. The van der Waals surface area contributed by atoms with Crippen molar-refractivity contribution in [3.63, 3.8) is 0 Å². The Kier molecular flexibility index (Phi) is 3.05. The van der Waals surface area contributed by atoms with Gasteiger partial charge in [0.05, 0.1) is 18.4 Å². The minimum absolute atomic E-state index is 0.0140. The lowest BCUT2D eigenvalue weighted by atomic mass is 10.2. The van der Waals surface area contributed by atoms with Gasteiger partial charge in [-0.25, -0.2) is 4.98 Å². The number of ketones is 1. The lowest BCUT2D eigenvalue weighted by Crippen LogP contribution is -2.01. The molecule has 0 radical (unpaired) electrons. The quantitative estimate of drug-likeness (QED) is 0.684. The predicted molar refractivity (Wildman–Crippen MR) is 72.9 cm³/mol. The summed E-state index contributed by atoms with van der Waals surface area (Å²) in [7, 11) is 1.58. The number of hydrogen-bond acceptors (Lipinski definition) is 5. The Balaban J connectivity index is 1.82. The summed E-state index contributed by atoms with van der Waals surface area (Å²) in [6, 6.07) is 9.20. The largest absolute Gasteiger partial charge is 0.496 e. The Hall–Kier alpha value is -2.14. The summed E-state index contributed by atoms with van der Waals surface area (Å²) in [5, 5.41) is 1.80. The van der Waals surface area contributed by atoms with Crippen molar-refractivity contribution in [3.05, 3.63) is 46.5 Å². The molecule has 0 atom stereocenters. The highest BCUT2D eigenvalue weighted by Crippen LogP contribution is 2.23. The second-order valence-corrected chi connectivity index (χ2v) is 4.94. The average molecular weight is 273 g/mol. The van der Waals surface area contributed by atoms with Gasteiger partial charge < -0.3 is 9.15 Å². The van der Waals surface area contributed by atoms with Gasteiger partial charge in [-0.15, -0.1) is 11.3 Å². The number of hydrogen-bond donors (Lipinski definition) is 0. The van der Waals surface area contributed by atoms with Crippen LogP contribution < -0.4 is 4.74 Å². The molecule has 0 aliphatic rings. The zero-order valence-electron chi connectivity index (χ0n) is 10.3. The van der Waals surface area contributed by atoms with Gasteiger partial charge >= 0.3 is 0 Å². The number of ether oxygens (including phenoxy) is 1. The third kappa shape index (κ3) is 2.37. The molecule has 0 fully saturated rings. The summed E-state index contributed by atoms with van der Waals surface area (Å²) in [5.74, 6) is 1.13. The smallest absolute Gasteiger partial charge is 0.203 e. The van der Waals surface area contributed by atoms with Crippen LogP contribution in [0.2, 0.25) is 0 Å².